The molecule has 3 heteroatoms. The molecule has 1 unspecified atom stereocenters. The van der Waals surface area contributed by atoms with E-state index in [0.717, 1.165) is 5.02 Å². The summed E-state index contributed by atoms with van der Waals surface area (Å²) in [6.45, 7) is 2.22. The van der Waals surface area contributed by atoms with E-state index in [1.807, 2.05) is 25.1 Å². The van der Waals surface area contributed by atoms with Gasteiger partial charge in [-0.05, 0) is 23.6 Å². The van der Waals surface area contributed by atoms with Crippen LogP contribution >= 0.6 is 22.9 Å². The van der Waals surface area contributed by atoms with E-state index in [1.165, 1.54) is 15.0 Å². The first-order valence-corrected chi connectivity index (χ1v) is 5.70. The quantitative estimate of drug-likeness (QED) is 0.829. The van der Waals surface area contributed by atoms with Crippen LogP contribution in [0.15, 0.2) is 24.3 Å². The van der Waals surface area contributed by atoms with Gasteiger partial charge in [0, 0.05) is 20.5 Å². The number of halogens is 1. The first-order chi connectivity index (χ1) is 6.70. The molecule has 74 valence electrons. The van der Waals surface area contributed by atoms with Gasteiger partial charge in [0.15, 0.2) is 0 Å². The van der Waals surface area contributed by atoms with Gasteiger partial charge >= 0.3 is 0 Å². The summed E-state index contributed by atoms with van der Waals surface area (Å²) >= 11 is 7.60. The lowest BCUT2D eigenvalue weighted by atomic mass is 10.1. The molecule has 1 N–H and O–H groups in total. The maximum atomic E-state index is 9.05. The molecule has 1 aromatic heterocycles. The van der Waals surface area contributed by atoms with Crippen LogP contribution in [-0.4, -0.2) is 11.7 Å². The van der Waals surface area contributed by atoms with Crippen molar-refractivity contribution in [1.82, 2.24) is 0 Å². The van der Waals surface area contributed by atoms with Gasteiger partial charge in [0.2, 0.25) is 0 Å². The largest absolute Gasteiger partial charge is 0.396 e. The highest BCUT2D eigenvalue weighted by molar-refractivity contribution is 7.19. The van der Waals surface area contributed by atoms with E-state index in [9.17, 15) is 0 Å². The third kappa shape index (κ3) is 1.78. The van der Waals surface area contributed by atoms with Crippen molar-refractivity contribution in [3.05, 3.63) is 34.2 Å². The summed E-state index contributed by atoms with van der Waals surface area (Å²) in [5.41, 5.74) is 0. The van der Waals surface area contributed by atoms with Crippen LogP contribution in [0.4, 0.5) is 0 Å². The molecule has 0 aliphatic heterocycles. The minimum Gasteiger partial charge on any atom is -0.396 e. The number of aliphatic hydroxyl groups is 1. The Labute approximate surface area is 91.9 Å². The second kappa shape index (κ2) is 3.89. The third-order valence-corrected chi connectivity index (χ3v) is 3.83. The van der Waals surface area contributed by atoms with E-state index in [0.29, 0.717) is 0 Å². The van der Waals surface area contributed by atoms with Gasteiger partial charge < -0.3 is 5.11 Å². The summed E-state index contributed by atoms with van der Waals surface area (Å²) in [7, 11) is 0. The zero-order valence-electron chi connectivity index (χ0n) is 7.83. The van der Waals surface area contributed by atoms with Crippen LogP contribution in [0.5, 0.6) is 0 Å². The van der Waals surface area contributed by atoms with E-state index >= 15 is 0 Å². The fourth-order valence-corrected chi connectivity index (χ4v) is 2.74. The van der Waals surface area contributed by atoms with Gasteiger partial charge in [0.25, 0.3) is 0 Å². The van der Waals surface area contributed by atoms with Gasteiger partial charge in [-0.2, -0.15) is 0 Å². The van der Waals surface area contributed by atoms with Gasteiger partial charge in [-0.3, -0.25) is 0 Å². The van der Waals surface area contributed by atoms with Crippen molar-refractivity contribution in [3.8, 4) is 0 Å². The summed E-state index contributed by atoms with van der Waals surface area (Å²) in [5.74, 6) is 0.214. The minimum absolute atomic E-state index is 0.195. The molecule has 0 saturated heterocycles. The second-order valence-electron chi connectivity index (χ2n) is 3.41. The highest BCUT2D eigenvalue weighted by Crippen LogP contribution is 2.32. The zero-order valence-corrected chi connectivity index (χ0v) is 9.40. The monoisotopic (exact) mass is 226 g/mol. The Bertz CT molecular complexity index is 449. The SMILES string of the molecule is CC(CO)c1cc2ccc(Cl)cc2s1. The van der Waals surface area contributed by atoms with Crippen LogP contribution in [0, 0.1) is 0 Å². The first kappa shape index (κ1) is 9.97. The predicted octanol–water partition coefficient (Wildman–Crippen LogP) is 3.65. The zero-order chi connectivity index (χ0) is 10.1. The van der Waals surface area contributed by atoms with Crippen molar-refractivity contribution >= 4 is 33.0 Å². The molecule has 0 aliphatic carbocycles. The standard InChI is InChI=1S/C11H11ClOS/c1-7(6-13)10-4-8-2-3-9(12)5-11(8)14-10/h2-5,7,13H,6H2,1H3. The van der Waals surface area contributed by atoms with Crippen molar-refractivity contribution in [2.75, 3.05) is 6.61 Å². The second-order valence-corrected chi connectivity index (χ2v) is 4.97. The Hall–Kier alpha value is -0.570. The summed E-state index contributed by atoms with van der Waals surface area (Å²) in [6, 6.07) is 8.00. The lowest BCUT2D eigenvalue weighted by molar-refractivity contribution is 0.274. The average Bonchev–Trinajstić information content (AvgIpc) is 2.59. The fraction of sp³-hybridized carbons (Fsp3) is 0.273. The van der Waals surface area contributed by atoms with Crippen molar-refractivity contribution in [3.63, 3.8) is 0 Å². The third-order valence-electron chi connectivity index (χ3n) is 2.26. The molecule has 1 nitrogen and oxygen atoms in total. The summed E-state index contributed by atoms with van der Waals surface area (Å²) in [6.07, 6.45) is 0. The van der Waals surface area contributed by atoms with Gasteiger partial charge in [0.05, 0.1) is 6.61 Å². The molecule has 1 atom stereocenters. The lowest BCUT2D eigenvalue weighted by Gasteiger charge is -2.01. The number of hydrogen-bond donors (Lipinski definition) is 1. The predicted molar refractivity (Wildman–Crippen MR) is 62.3 cm³/mol. The number of benzene rings is 1. The molecule has 0 bridgehead atoms. The highest BCUT2D eigenvalue weighted by atomic mass is 35.5. The number of thiophene rings is 1. The van der Waals surface area contributed by atoms with E-state index < -0.39 is 0 Å². The molecule has 0 fully saturated rings. The summed E-state index contributed by atoms with van der Waals surface area (Å²) < 4.78 is 1.19. The van der Waals surface area contributed by atoms with Crippen LogP contribution in [0.25, 0.3) is 10.1 Å². The van der Waals surface area contributed by atoms with Gasteiger partial charge in [-0.1, -0.05) is 24.6 Å². The normalized spacial score (nSPS) is 13.4. The number of fused-ring (bicyclic) bond motifs is 1. The molecule has 2 aromatic rings. The molecule has 0 saturated carbocycles. The van der Waals surface area contributed by atoms with Crippen LogP contribution in [0.2, 0.25) is 5.02 Å². The van der Waals surface area contributed by atoms with E-state index in [4.69, 9.17) is 16.7 Å². The smallest absolute Gasteiger partial charge is 0.0504 e. The topological polar surface area (TPSA) is 20.2 Å². The van der Waals surface area contributed by atoms with E-state index in [1.54, 1.807) is 11.3 Å². The lowest BCUT2D eigenvalue weighted by Crippen LogP contribution is -1.94. The number of rotatable bonds is 2. The van der Waals surface area contributed by atoms with Crippen molar-refractivity contribution in [2.24, 2.45) is 0 Å². The molecule has 0 radical (unpaired) electrons. The summed E-state index contributed by atoms with van der Waals surface area (Å²) in [4.78, 5) is 1.21. The molecule has 0 spiro atoms. The average molecular weight is 227 g/mol. The minimum atomic E-state index is 0.195. The Morgan fingerprint density at radius 3 is 2.93 bits per heavy atom. The Morgan fingerprint density at radius 2 is 2.21 bits per heavy atom. The molecule has 1 aromatic carbocycles. The molecular formula is C11H11ClOS. The first-order valence-electron chi connectivity index (χ1n) is 4.50. The Kier molecular flexibility index (Phi) is 2.77. The van der Waals surface area contributed by atoms with Crippen LogP contribution in [0.3, 0.4) is 0 Å². The highest BCUT2D eigenvalue weighted by Gasteiger charge is 2.08. The van der Waals surface area contributed by atoms with Gasteiger partial charge in [0.1, 0.15) is 0 Å². The van der Waals surface area contributed by atoms with Crippen LogP contribution in [0.1, 0.15) is 17.7 Å². The molecule has 1 heterocycles. The number of aliphatic hydroxyl groups excluding tert-OH is 1. The number of hydrogen-bond acceptors (Lipinski definition) is 2. The molecule has 0 aliphatic rings. The van der Waals surface area contributed by atoms with E-state index in [2.05, 4.69) is 6.07 Å². The van der Waals surface area contributed by atoms with Crippen molar-refractivity contribution in [1.29, 1.82) is 0 Å². The maximum Gasteiger partial charge on any atom is 0.0504 e. The van der Waals surface area contributed by atoms with Crippen LogP contribution in [-0.2, 0) is 0 Å². The van der Waals surface area contributed by atoms with Gasteiger partial charge in [-0.25, -0.2) is 0 Å². The summed E-state index contributed by atoms with van der Waals surface area (Å²) in [5, 5.41) is 11.0. The maximum absolute atomic E-state index is 9.05. The van der Waals surface area contributed by atoms with Crippen molar-refractivity contribution in [2.45, 2.75) is 12.8 Å². The van der Waals surface area contributed by atoms with Crippen molar-refractivity contribution < 1.29 is 5.11 Å². The Balaban J connectivity index is 2.51. The molecular weight excluding hydrogens is 216 g/mol. The fourth-order valence-electron chi connectivity index (χ4n) is 1.36. The molecule has 14 heavy (non-hydrogen) atoms. The van der Waals surface area contributed by atoms with E-state index in [-0.39, 0.29) is 12.5 Å². The Morgan fingerprint density at radius 1 is 1.43 bits per heavy atom. The molecule has 2 rings (SSSR count). The van der Waals surface area contributed by atoms with Gasteiger partial charge in [-0.15, -0.1) is 11.3 Å². The van der Waals surface area contributed by atoms with Crippen LogP contribution < -0.4 is 0 Å². The molecule has 0 amide bonds.